The van der Waals surface area contributed by atoms with Gasteiger partial charge in [-0.25, -0.2) is 4.79 Å². The highest BCUT2D eigenvalue weighted by Gasteiger charge is 2.35. The van der Waals surface area contributed by atoms with Crippen molar-refractivity contribution in [2.45, 2.75) is 64.1 Å². The van der Waals surface area contributed by atoms with Crippen molar-refractivity contribution in [3.05, 3.63) is 117 Å². The molecule has 0 aliphatic carbocycles. The lowest BCUT2D eigenvalue weighted by Crippen LogP contribution is -2.26. The average Bonchev–Trinajstić information content (AvgIpc) is 3.63. The highest BCUT2D eigenvalue weighted by Crippen LogP contribution is 2.34. The average molecular weight is 722 g/mol. The van der Waals surface area contributed by atoms with Gasteiger partial charge < -0.3 is 24.5 Å². The highest BCUT2D eigenvalue weighted by molar-refractivity contribution is 5.58. The van der Waals surface area contributed by atoms with Crippen molar-refractivity contribution in [2.24, 2.45) is 12.8 Å². The molecule has 0 amide bonds. The Morgan fingerprint density at radius 3 is 2.38 bits per heavy atom. The van der Waals surface area contributed by atoms with Gasteiger partial charge in [0.15, 0.2) is 0 Å². The number of pyridine rings is 1. The van der Waals surface area contributed by atoms with Crippen LogP contribution < -0.4 is 11.4 Å². The number of halogens is 3. The molecule has 2 N–H and O–H groups in total. The Hall–Kier alpha value is -4.34. The molecule has 0 bridgehead atoms. The summed E-state index contributed by atoms with van der Waals surface area (Å²) in [4.78, 5) is 15.8. The van der Waals surface area contributed by atoms with E-state index in [0.29, 0.717) is 57.4 Å². The van der Waals surface area contributed by atoms with Crippen molar-refractivity contribution in [1.29, 1.82) is 0 Å². The zero-order valence-corrected chi connectivity index (χ0v) is 29.6. The van der Waals surface area contributed by atoms with Gasteiger partial charge >= 0.3 is 11.9 Å². The largest absolute Gasteiger partial charge is 0.418 e. The van der Waals surface area contributed by atoms with E-state index in [1.165, 1.54) is 23.0 Å². The summed E-state index contributed by atoms with van der Waals surface area (Å²) in [6, 6.07) is 16.4. The van der Waals surface area contributed by atoms with E-state index in [2.05, 4.69) is 15.1 Å². The van der Waals surface area contributed by atoms with Gasteiger partial charge in [0.25, 0.3) is 0 Å². The van der Waals surface area contributed by atoms with Gasteiger partial charge in [0.05, 0.1) is 55.9 Å². The monoisotopic (exact) mass is 721 g/mol. The molecule has 1 aliphatic rings. The fourth-order valence-electron chi connectivity index (χ4n) is 6.70. The first kappa shape index (κ1) is 37.4. The minimum Gasteiger partial charge on any atom is -0.376 e. The van der Waals surface area contributed by atoms with Crippen LogP contribution in [0, 0.1) is 0 Å². The number of alkyl halides is 3. The third-order valence-corrected chi connectivity index (χ3v) is 9.49. The second-order valence-corrected chi connectivity index (χ2v) is 13.3. The Kier molecular flexibility index (Phi) is 12.2. The summed E-state index contributed by atoms with van der Waals surface area (Å²) in [6.07, 6.45) is 2.26. The fourth-order valence-corrected chi connectivity index (χ4v) is 6.70. The quantitative estimate of drug-likeness (QED) is 0.142. The number of nitrogens with zero attached hydrogens (tertiary/aromatic N) is 6. The Morgan fingerprint density at radius 1 is 0.942 bits per heavy atom. The van der Waals surface area contributed by atoms with Crippen LogP contribution >= 0.6 is 0 Å². The number of rotatable bonds is 15. The molecule has 0 radical (unpaired) electrons. The van der Waals surface area contributed by atoms with Crippen LogP contribution in [0.5, 0.6) is 0 Å². The molecule has 1 aliphatic heterocycles. The molecule has 4 heterocycles. The lowest BCUT2D eigenvalue weighted by molar-refractivity contribution is -0.136. The van der Waals surface area contributed by atoms with Crippen LogP contribution in [0.1, 0.15) is 65.7 Å². The van der Waals surface area contributed by atoms with E-state index in [-0.39, 0.29) is 24.1 Å². The maximum absolute atomic E-state index is 14.5. The van der Waals surface area contributed by atoms with Crippen LogP contribution in [0.4, 0.5) is 13.2 Å². The molecule has 52 heavy (non-hydrogen) atoms. The number of likely N-dealkylation sites (tertiary alicyclic amines) is 1. The molecule has 11 nitrogen and oxygen atoms in total. The molecule has 1 fully saturated rings. The summed E-state index contributed by atoms with van der Waals surface area (Å²) in [5.74, 6) is 0.585. The summed E-state index contributed by atoms with van der Waals surface area (Å²) in [6.45, 7) is 6.60. The molecule has 0 unspecified atom stereocenters. The minimum absolute atomic E-state index is 0.0402. The number of nitrogens with two attached hydrogens (primary N) is 1. The topological polar surface area (TPSA) is 114 Å². The molecule has 6 rings (SSSR count). The number of imidazole rings is 1. The number of aromatic nitrogens is 5. The van der Waals surface area contributed by atoms with E-state index in [1.54, 1.807) is 24.5 Å². The second kappa shape index (κ2) is 17.0. The van der Waals surface area contributed by atoms with E-state index < -0.39 is 17.4 Å². The summed E-state index contributed by atoms with van der Waals surface area (Å²) in [5, 5.41) is 8.13. The lowest BCUT2D eigenvalue weighted by atomic mass is 10.00. The highest BCUT2D eigenvalue weighted by atomic mass is 19.4. The number of ether oxygens (including phenoxy) is 3. The number of hydrogen-bond donors (Lipinski definition) is 1. The summed E-state index contributed by atoms with van der Waals surface area (Å²) < 4.78 is 65.0. The first-order valence-electron chi connectivity index (χ1n) is 17.7. The van der Waals surface area contributed by atoms with Crippen molar-refractivity contribution in [3.8, 4) is 5.69 Å². The van der Waals surface area contributed by atoms with E-state index in [4.69, 9.17) is 19.9 Å². The zero-order valence-electron chi connectivity index (χ0n) is 29.6. The standard InChI is InChI=1S/C38H46F3N7O4/c1-27(36-44-43-26-45(36)2)31-5-3-6-32(20-31)47-23-35-34(38(39,40)41)19-30(22-48(35)37(47)49)21-46-14-4-7-33(12-15-46)52-18-17-51-25-29-10-8-28(9-11-29)24-50-16-13-42/h3,5-6,8-11,19-20,22-23,26-27,33H,4,7,12-18,21,24-25,42H2,1-2H3/t27-,33+/m1/s1. The molecule has 14 heteroatoms. The predicted molar refractivity (Wildman–Crippen MR) is 190 cm³/mol. The van der Waals surface area contributed by atoms with Crippen molar-refractivity contribution in [3.63, 3.8) is 0 Å². The van der Waals surface area contributed by atoms with E-state index >= 15 is 0 Å². The van der Waals surface area contributed by atoms with Gasteiger partial charge in [0, 0.05) is 45.0 Å². The summed E-state index contributed by atoms with van der Waals surface area (Å²) >= 11 is 0. The van der Waals surface area contributed by atoms with E-state index in [0.717, 1.165) is 52.7 Å². The molecule has 5 aromatic rings. The van der Waals surface area contributed by atoms with Gasteiger partial charge in [0.2, 0.25) is 0 Å². The van der Waals surface area contributed by atoms with E-state index in [9.17, 15) is 18.0 Å². The minimum atomic E-state index is -4.65. The second-order valence-electron chi connectivity index (χ2n) is 13.3. The van der Waals surface area contributed by atoms with Crippen molar-refractivity contribution < 1.29 is 27.4 Å². The molecule has 1 saturated heterocycles. The molecule has 0 spiro atoms. The Balaban J connectivity index is 1.06. The van der Waals surface area contributed by atoms with Gasteiger partial charge in [-0.15, -0.1) is 10.2 Å². The first-order chi connectivity index (χ1) is 25.1. The molecule has 2 atom stereocenters. The third-order valence-electron chi connectivity index (χ3n) is 9.49. The molecule has 3 aromatic heterocycles. The maximum atomic E-state index is 14.5. The lowest BCUT2D eigenvalue weighted by Gasteiger charge is -2.21. The first-order valence-corrected chi connectivity index (χ1v) is 17.7. The Morgan fingerprint density at radius 2 is 1.69 bits per heavy atom. The number of hydrogen-bond acceptors (Lipinski definition) is 8. The number of aryl methyl sites for hydroxylation is 1. The third kappa shape index (κ3) is 9.17. The van der Waals surface area contributed by atoms with Crippen LogP contribution in [-0.4, -0.2) is 74.2 Å². The van der Waals surface area contributed by atoms with Crippen LogP contribution in [0.15, 0.2) is 78.1 Å². The molecule has 2 aromatic carbocycles. The van der Waals surface area contributed by atoms with Crippen molar-refractivity contribution in [2.75, 3.05) is 39.5 Å². The summed E-state index contributed by atoms with van der Waals surface area (Å²) in [5.41, 5.74) is 7.76. The number of fused-ring (bicyclic) bond motifs is 1. The summed E-state index contributed by atoms with van der Waals surface area (Å²) in [7, 11) is 1.85. The van der Waals surface area contributed by atoms with E-state index in [1.807, 2.05) is 48.9 Å². The van der Waals surface area contributed by atoms with Crippen LogP contribution in [0.25, 0.3) is 11.2 Å². The fraction of sp³-hybridized carbons (Fsp3) is 0.447. The smallest absolute Gasteiger partial charge is 0.376 e. The number of benzene rings is 2. The molecule has 0 saturated carbocycles. The normalized spacial score (nSPS) is 16.4. The molecule has 278 valence electrons. The SMILES string of the molecule is C[C@H](c1cccc(-n2cc3c(C(F)(F)F)cc(CN4CCC[C@H](OCCOCc5ccc(COCCN)cc5)CC4)cn3c2=O)c1)c1nncn1C. The Labute approximate surface area is 300 Å². The van der Waals surface area contributed by atoms with Crippen LogP contribution in [-0.2, 0) is 47.2 Å². The zero-order chi connectivity index (χ0) is 36.7. The van der Waals surface area contributed by atoms with Crippen molar-refractivity contribution >= 4 is 5.52 Å². The van der Waals surface area contributed by atoms with Crippen LogP contribution in [0.3, 0.4) is 0 Å². The van der Waals surface area contributed by atoms with Gasteiger partial charge in [-0.3, -0.25) is 13.9 Å². The Bertz CT molecular complexity index is 1970. The van der Waals surface area contributed by atoms with Gasteiger partial charge in [-0.05, 0) is 66.3 Å². The molecular weight excluding hydrogens is 675 g/mol. The predicted octanol–water partition coefficient (Wildman–Crippen LogP) is 5.45. The maximum Gasteiger partial charge on any atom is 0.418 e. The van der Waals surface area contributed by atoms with Gasteiger partial charge in [-0.2, -0.15) is 13.2 Å². The van der Waals surface area contributed by atoms with Crippen LogP contribution in [0.2, 0.25) is 0 Å². The van der Waals surface area contributed by atoms with Crippen molar-refractivity contribution in [1.82, 2.24) is 28.6 Å². The van der Waals surface area contributed by atoms with Gasteiger partial charge in [-0.1, -0.05) is 43.3 Å². The molecular formula is C38H46F3N7O4. The van der Waals surface area contributed by atoms with Gasteiger partial charge in [0.1, 0.15) is 12.2 Å².